The molecule has 0 saturated carbocycles. The van der Waals surface area contributed by atoms with E-state index in [2.05, 4.69) is 46.4 Å². The molecule has 2 aliphatic heterocycles. The molecule has 0 atom stereocenters. The molecule has 0 bridgehead atoms. The molecule has 2 fully saturated rings. The Balaban J connectivity index is 1.47. The Morgan fingerprint density at radius 2 is 1.77 bits per heavy atom. The highest BCUT2D eigenvalue weighted by molar-refractivity contribution is 5.58. The minimum absolute atomic E-state index is 0.373. The highest BCUT2D eigenvalue weighted by atomic mass is 16.7. The molecule has 1 spiro atoms. The number of aryl methyl sites for hydroxylation is 2. The topological polar surface area (TPSA) is 59.5 Å². The number of hydrogen-bond acceptors (Lipinski definition) is 6. The Morgan fingerprint density at radius 1 is 1.08 bits per heavy atom. The smallest absolute Gasteiger partial charge is 0.227 e. The van der Waals surface area contributed by atoms with E-state index in [-0.39, 0.29) is 5.79 Å². The van der Waals surface area contributed by atoms with Crippen molar-refractivity contribution in [1.82, 2.24) is 9.97 Å². The fourth-order valence-corrected chi connectivity index (χ4v) is 3.56. The molecule has 2 aliphatic rings. The van der Waals surface area contributed by atoms with Gasteiger partial charge in [0.15, 0.2) is 5.79 Å². The summed E-state index contributed by atoms with van der Waals surface area (Å²) in [4.78, 5) is 11.6. The van der Waals surface area contributed by atoms with Crippen molar-refractivity contribution in [1.29, 1.82) is 0 Å². The van der Waals surface area contributed by atoms with Crippen LogP contribution >= 0.6 is 0 Å². The maximum atomic E-state index is 5.81. The van der Waals surface area contributed by atoms with Crippen molar-refractivity contribution in [2.45, 2.75) is 38.9 Å². The second-order valence-corrected chi connectivity index (χ2v) is 6.96. The standard InChI is InChI=1S/C20H26N4O2/c1-3-16-4-6-17(7-5-16)22-18-14-15(2)21-19(23-18)24-10-8-20(9-11-24)25-12-13-26-20/h4-7,14H,3,8-13H2,1-2H3,(H,21,22,23). The van der Waals surface area contributed by atoms with E-state index in [1.54, 1.807) is 0 Å². The van der Waals surface area contributed by atoms with Crippen LogP contribution in [0.15, 0.2) is 30.3 Å². The molecule has 1 aromatic heterocycles. The normalized spacial score (nSPS) is 19.1. The lowest BCUT2D eigenvalue weighted by Gasteiger charge is -2.37. The van der Waals surface area contributed by atoms with Gasteiger partial charge in [-0.25, -0.2) is 4.98 Å². The number of hydrogen-bond donors (Lipinski definition) is 1. The molecule has 0 radical (unpaired) electrons. The third kappa shape index (κ3) is 3.66. The highest BCUT2D eigenvalue weighted by Gasteiger charge is 2.40. The molecular weight excluding hydrogens is 328 g/mol. The first-order valence-electron chi connectivity index (χ1n) is 9.40. The van der Waals surface area contributed by atoms with E-state index in [4.69, 9.17) is 14.5 Å². The van der Waals surface area contributed by atoms with E-state index in [0.717, 1.165) is 55.5 Å². The molecule has 0 amide bonds. The number of aromatic nitrogens is 2. The maximum absolute atomic E-state index is 5.81. The molecule has 6 heteroatoms. The van der Waals surface area contributed by atoms with E-state index >= 15 is 0 Å². The van der Waals surface area contributed by atoms with Gasteiger partial charge in [0.1, 0.15) is 5.82 Å². The maximum Gasteiger partial charge on any atom is 0.227 e. The molecular formula is C20H26N4O2. The van der Waals surface area contributed by atoms with Gasteiger partial charge < -0.3 is 19.7 Å². The molecule has 3 heterocycles. The largest absolute Gasteiger partial charge is 0.347 e. The molecule has 1 N–H and O–H groups in total. The molecule has 2 saturated heterocycles. The van der Waals surface area contributed by atoms with Crippen molar-refractivity contribution in [3.05, 3.63) is 41.6 Å². The Labute approximate surface area is 154 Å². The van der Waals surface area contributed by atoms with Gasteiger partial charge in [0.2, 0.25) is 5.95 Å². The summed E-state index contributed by atoms with van der Waals surface area (Å²) in [6, 6.07) is 10.4. The molecule has 26 heavy (non-hydrogen) atoms. The van der Waals surface area contributed by atoms with E-state index in [1.807, 2.05) is 13.0 Å². The van der Waals surface area contributed by atoms with E-state index in [9.17, 15) is 0 Å². The number of rotatable bonds is 4. The zero-order chi connectivity index (χ0) is 18.0. The number of piperidine rings is 1. The lowest BCUT2D eigenvalue weighted by atomic mass is 10.0. The summed E-state index contributed by atoms with van der Waals surface area (Å²) < 4.78 is 11.6. The van der Waals surface area contributed by atoms with Crippen molar-refractivity contribution < 1.29 is 9.47 Å². The fraction of sp³-hybridized carbons (Fsp3) is 0.500. The van der Waals surface area contributed by atoms with Crippen molar-refractivity contribution in [2.75, 3.05) is 36.5 Å². The molecule has 0 aliphatic carbocycles. The first-order chi connectivity index (χ1) is 12.7. The van der Waals surface area contributed by atoms with Gasteiger partial charge in [-0.15, -0.1) is 0 Å². The monoisotopic (exact) mass is 354 g/mol. The fourth-order valence-electron chi connectivity index (χ4n) is 3.56. The zero-order valence-electron chi connectivity index (χ0n) is 15.5. The summed E-state index contributed by atoms with van der Waals surface area (Å²) in [5, 5.41) is 3.40. The van der Waals surface area contributed by atoms with Crippen molar-refractivity contribution in [3.8, 4) is 0 Å². The van der Waals surface area contributed by atoms with Crippen molar-refractivity contribution in [3.63, 3.8) is 0 Å². The van der Waals surface area contributed by atoms with Crippen LogP contribution in [0.1, 0.15) is 31.0 Å². The molecule has 138 valence electrons. The zero-order valence-corrected chi connectivity index (χ0v) is 15.5. The van der Waals surface area contributed by atoms with Crippen molar-refractivity contribution >= 4 is 17.5 Å². The number of nitrogens with zero attached hydrogens (tertiary/aromatic N) is 3. The van der Waals surface area contributed by atoms with E-state index in [0.29, 0.717) is 13.2 Å². The quantitative estimate of drug-likeness (QED) is 0.908. The average molecular weight is 354 g/mol. The number of ether oxygens (including phenoxy) is 2. The average Bonchev–Trinajstić information content (AvgIpc) is 3.10. The Kier molecular flexibility index (Phi) is 4.78. The van der Waals surface area contributed by atoms with E-state index < -0.39 is 0 Å². The Morgan fingerprint density at radius 3 is 2.42 bits per heavy atom. The van der Waals surface area contributed by atoms with Gasteiger partial charge in [-0.3, -0.25) is 0 Å². The van der Waals surface area contributed by atoms with Gasteiger partial charge in [0.05, 0.1) is 13.2 Å². The lowest BCUT2D eigenvalue weighted by molar-refractivity contribution is -0.169. The minimum Gasteiger partial charge on any atom is -0.347 e. The predicted molar refractivity (Wildman–Crippen MR) is 102 cm³/mol. The van der Waals surface area contributed by atoms with Crippen LogP contribution in [0.3, 0.4) is 0 Å². The highest BCUT2D eigenvalue weighted by Crippen LogP contribution is 2.32. The summed E-state index contributed by atoms with van der Waals surface area (Å²) in [7, 11) is 0. The first kappa shape index (κ1) is 17.2. The van der Waals surface area contributed by atoms with Crippen molar-refractivity contribution in [2.24, 2.45) is 0 Å². The van der Waals surface area contributed by atoms with Gasteiger partial charge in [-0.2, -0.15) is 4.98 Å². The van der Waals surface area contributed by atoms with Gasteiger partial charge >= 0.3 is 0 Å². The van der Waals surface area contributed by atoms with Crippen LogP contribution in [0.2, 0.25) is 0 Å². The van der Waals surface area contributed by atoms with Crippen LogP contribution in [0.25, 0.3) is 0 Å². The van der Waals surface area contributed by atoms with Crippen LogP contribution in [0, 0.1) is 6.92 Å². The van der Waals surface area contributed by atoms with Crippen LogP contribution in [0.4, 0.5) is 17.5 Å². The first-order valence-corrected chi connectivity index (χ1v) is 9.40. The van der Waals surface area contributed by atoms with E-state index in [1.165, 1.54) is 5.56 Å². The van der Waals surface area contributed by atoms with Gasteiger partial charge in [0.25, 0.3) is 0 Å². The number of benzene rings is 1. The third-order valence-corrected chi connectivity index (χ3v) is 5.10. The summed E-state index contributed by atoms with van der Waals surface area (Å²) in [5.74, 6) is 1.22. The second kappa shape index (κ2) is 7.21. The Bertz CT molecular complexity index is 747. The number of nitrogens with one attached hydrogen (secondary N) is 1. The van der Waals surface area contributed by atoms with Gasteiger partial charge in [-0.1, -0.05) is 19.1 Å². The second-order valence-electron chi connectivity index (χ2n) is 6.96. The minimum atomic E-state index is -0.373. The summed E-state index contributed by atoms with van der Waals surface area (Å²) >= 11 is 0. The summed E-state index contributed by atoms with van der Waals surface area (Å²) in [6.07, 6.45) is 2.75. The summed E-state index contributed by atoms with van der Waals surface area (Å²) in [5.41, 5.74) is 3.32. The molecule has 0 unspecified atom stereocenters. The molecule has 1 aromatic carbocycles. The molecule has 6 nitrogen and oxygen atoms in total. The van der Waals surface area contributed by atoms with Gasteiger partial charge in [-0.05, 0) is 31.0 Å². The molecule has 4 rings (SSSR count). The van der Waals surface area contributed by atoms with Gasteiger partial charge in [0, 0.05) is 43.4 Å². The van der Waals surface area contributed by atoms with Crippen LogP contribution in [0.5, 0.6) is 0 Å². The SMILES string of the molecule is CCc1ccc(Nc2cc(C)nc(N3CCC4(CC3)OCCO4)n2)cc1. The Hall–Kier alpha value is -2.18. The van der Waals surface area contributed by atoms with Crippen LogP contribution in [-0.2, 0) is 15.9 Å². The van der Waals surface area contributed by atoms with Crippen LogP contribution in [-0.4, -0.2) is 42.1 Å². The number of anilines is 3. The lowest BCUT2D eigenvalue weighted by Crippen LogP contribution is -2.45. The summed E-state index contributed by atoms with van der Waals surface area (Å²) in [6.45, 7) is 7.25. The van der Waals surface area contributed by atoms with Crippen LogP contribution < -0.4 is 10.2 Å². The predicted octanol–water partition coefficient (Wildman–Crippen LogP) is 3.43. The third-order valence-electron chi connectivity index (χ3n) is 5.10. The molecule has 2 aromatic rings.